The highest BCUT2D eigenvalue weighted by Gasteiger charge is 2.07. The lowest BCUT2D eigenvalue weighted by Gasteiger charge is -2.00. The highest BCUT2D eigenvalue weighted by Crippen LogP contribution is 2.24. The van der Waals surface area contributed by atoms with Gasteiger partial charge >= 0.3 is 5.97 Å². The molecule has 0 amide bonds. The van der Waals surface area contributed by atoms with Crippen LogP contribution in [-0.4, -0.2) is 26.0 Å². The minimum absolute atomic E-state index is 0.0582. The minimum Gasteiger partial charge on any atom is -0.477 e. The van der Waals surface area contributed by atoms with Crippen LogP contribution >= 0.6 is 11.8 Å². The first-order valence-electron chi connectivity index (χ1n) is 4.50. The first kappa shape index (κ1) is 11.5. The van der Waals surface area contributed by atoms with Crippen molar-refractivity contribution >= 4 is 17.7 Å². The topological polar surface area (TPSA) is 76.0 Å². The quantitative estimate of drug-likeness (QED) is 0.839. The summed E-state index contributed by atoms with van der Waals surface area (Å²) in [5.74, 6) is -1.62. The van der Waals surface area contributed by atoms with Gasteiger partial charge in [0.1, 0.15) is 5.69 Å². The molecule has 0 fully saturated rings. The molecule has 0 aliphatic heterocycles. The van der Waals surface area contributed by atoms with E-state index in [0.29, 0.717) is 10.1 Å². The Kier molecular flexibility index (Phi) is 3.29. The standard InChI is InChI=1S/C10H6FN3O2S/c11-6-4-13-10(14-5-6)17-7-1-2-12-8(3-7)9(15)16/h1-5H,(H,15,16). The summed E-state index contributed by atoms with van der Waals surface area (Å²) >= 11 is 1.14. The van der Waals surface area contributed by atoms with Crippen molar-refractivity contribution in [1.29, 1.82) is 0 Å². The Balaban J connectivity index is 2.21. The minimum atomic E-state index is -1.10. The van der Waals surface area contributed by atoms with E-state index in [2.05, 4.69) is 15.0 Å². The largest absolute Gasteiger partial charge is 0.477 e. The Morgan fingerprint density at radius 1 is 1.29 bits per heavy atom. The fourth-order valence-electron chi connectivity index (χ4n) is 1.05. The molecule has 1 N–H and O–H groups in total. The van der Waals surface area contributed by atoms with E-state index in [9.17, 15) is 9.18 Å². The predicted molar refractivity (Wildman–Crippen MR) is 57.3 cm³/mol. The molecule has 0 saturated carbocycles. The number of halogens is 1. The smallest absolute Gasteiger partial charge is 0.354 e. The number of pyridine rings is 1. The van der Waals surface area contributed by atoms with E-state index in [1.807, 2.05) is 0 Å². The number of rotatable bonds is 3. The third-order valence-electron chi connectivity index (χ3n) is 1.76. The Hall–Kier alpha value is -2.02. The summed E-state index contributed by atoms with van der Waals surface area (Å²) in [5, 5.41) is 9.10. The lowest BCUT2D eigenvalue weighted by atomic mass is 10.4. The molecule has 0 saturated heterocycles. The van der Waals surface area contributed by atoms with Gasteiger partial charge in [-0.1, -0.05) is 0 Å². The number of hydrogen-bond acceptors (Lipinski definition) is 5. The van der Waals surface area contributed by atoms with Gasteiger partial charge in [0.25, 0.3) is 0 Å². The van der Waals surface area contributed by atoms with E-state index in [0.717, 1.165) is 24.2 Å². The molecule has 0 aliphatic carbocycles. The van der Waals surface area contributed by atoms with Gasteiger partial charge < -0.3 is 5.11 Å². The highest BCUT2D eigenvalue weighted by molar-refractivity contribution is 7.99. The zero-order chi connectivity index (χ0) is 12.3. The number of carboxylic acids is 1. The van der Waals surface area contributed by atoms with E-state index in [4.69, 9.17) is 5.11 Å². The van der Waals surface area contributed by atoms with Crippen LogP contribution < -0.4 is 0 Å². The molecule has 0 unspecified atom stereocenters. The van der Waals surface area contributed by atoms with Crippen LogP contribution in [-0.2, 0) is 0 Å². The molecule has 2 heterocycles. The van der Waals surface area contributed by atoms with E-state index in [1.165, 1.54) is 12.3 Å². The van der Waals surface area contributed by atoms with Gasteiger partial charge in [-0.3, -0.25) is 0 Å². The average molecular weight is 251 g/mol. The second-order valence-corrected chi connectivity index (χ2v) is 4.01. The van der Waals surface area contributed by atoms with Crippen LogP contribution in [0.15, 0.2) is 40.8 Å². The molecule has 2 aromatic rings. The SMILES string of the molecule is O=C(O)c1cc(Sc2ncc(F)cn2)ccn1. The summed E-state index contributed by atoms with van der Waals surface area (Å²) in [7, 11) is 0. The normalized spacial score (nSPS) is 10.2. The number of aromatic carboxylic acids is 1. The Morgan fingerprint density at radius 3 is 2.65 bits per heavy atom. The molecular weight excluding hydrogens is 245 g/mol. The number of hydrogen-bond donors (Lipinski definition) is 1. The van der Waals surface area contributed by atoms with E-state index < -0.39 is 11.8 Å². The summed E-state index contributed by atoms with van der Waals surface area (Å²) in [4.78, 5) is 22.5. The van der Waals surface area contributed by atoms with Crippen molar-refractivity contribution in [2.45, 2.75) is 10.1 Å². The zero-order valence-corrected chi connectivity index (χ0v) is 9.19. The van der Waals surface area contributed by atoms with Crippen LogP contribution in [0, 0.1) is 5.82 Å². The third kappa shape index (κ3) is 2.97. The van der Waals surface area contributed by atoms with Gasteiger partial charge in [-0.05, 0) is 23.9 Å². The lowest BCUT2D eigenvalue weighted by molar-refractivity contribution is 0.0690. The maximum absolute atomic E-state index is 12.6. The van der Waals surface area contributed by atoms with Crippen molar-refractivity contribution < 1.29 is 14.3 Å². The molecular formula is C10H6FN3O2S. The average Bonchev–Trinajstić information content (AvgIpc) is 2.32. The van der Waals surface area contributed by atoms with Gasteiger partial charge in [0.15, 0.2) is 11.0 Å². The van der Waals surface area contributed by atoms with Gasteiger partial charge in [0.2, 0.25) is 0 Å². The van der Waals surface area contributed by atoms with Crippen LogP contribution in [0.3, 0.4) is 0 Å². The summed E-state index contributed by atoms with van der Waals surface area (Å²) in [6, 6.07) is 3.03. The van der Waals surface area contributed by atoms with E-state index >= 15 is 0 Å². The Labute approximate surface area is 99.8 Å². The first-order chi connectivity index (χ1) is 8.15. The Morgan fingerprint density at radius 2 is 2.00 bits per heavy atom. The molecule has 86 valence electrons. The lowest BCUT2D eigenvalue weighted by Crippen LogP contribution is -1.99. The molecule has 0 bridgehead atoms. The molecule has 0 aromatic carbocycles. The second kappa shape index (κ2) is 4.88. The second-order valence-electron chi connectivity index (χ2n) is 2.97. The number of aromatic nitrogens is 3. The van der Waals surface area contributed by atoms with Gasteiger partial charge in [-0.25, -0.2) is 24.1 Å². The summed E-state index contributed by atoms with van der Waals surface area (Å²) < 4.78 is 12.6. The Bertz CT molecular complexity index is 548. The first-order valence-corrected chi connectivity index (χ1v) is 5.31. The molecule has 0 atom stereocenters. The van der Waals surface area contributed by atoms with Crippen LogP contribution in [0.5, 0.6) is 0 Å². The monoisotopic (exact) mass is 251 g/mol. The molecule has 0 radical (unpaired) electrons. The van der Waals surface area contributed by atoms with Crippen molar-refractivity contribution in [2.24, 2.45) is 0 Å². The van der Waals surface area contributed by atoms with E-state index in [-0.39, 0.29) is 5.69 Å². The van der Waals surface area contributed by atoms with Gasteiger partial charge in [0, 0.05) is 11.1 Å². The molecule has 17 heavy (non-hydrogen) atoms. The van der Waals surface area contributed by atoms with E-state index in [1.54, 1.807) is 6.07 Å². The highest BCUT2D eigenvalue weighted by atomic mass is 32.2. The number of carbonyl (C=O) groups is 1. The molecule has 5 nitrogen and oxygen atoms in total. The maximum Gasteiger partial charge on any atom is 0.354 e. The fraction of sp³-hybridized carbons (Fsp3) is 0. The van der Waals surface area contributed by atoms with Gasteiger partial charge in [0.05, 0.1) is 12.4 Å². The van der Waals surface area contributed by atoms with Gasteiger partial charge in [-0.15, -0.1) is 0 Å². The van der Waals surface area contributed by atoms with Crippen LogP contribution in [0.25, 0.3) is 0 Å². The molecule has 7 heteroatoms. The third-order valence-corrected chi connectivity index (χ3v) is 2.64. The van der Waals surface area contributed by atoms with Crippen molar-refractivity contribution in [3.63, 3.8) is 0 Å². The van der Waals surface area contributed by atoms with Gasteiger partial charge in [-0.2, -0.15) is 0 Å². The van der Waals surface area contributed by atoms with Crippen LogP contribution in [0.2, 0.25) is 0 Å². The van der Waals surface area contributed by atoms with Crippen LogP contribution in [0.1, 0.15) is 10.5 Å². The molecule has 0 spiro atoms. The molecule has 2 rings (SSSR count). The zero-order valence-electron chi connectivity index (χ0n) is 8.37. The summed E-state index contributed by atoms with van der Waals surface area (Å²) in [6.07, 6.45) is 3.48. The fourth-order valence-corrected chi connectivity index (χ4v) is 1.77. The summed E-state index contributed by atoms with van der Waals surface area (Å²) in [5.41, 5.74) is -0.0582. The molecule has 0 aliphatic rings. The number of carboxylic acid groups (broad SMARTS) is 1. The summed E-state index contributed by atoms with van der Waals surface area (Å²) in [6.45, 7) is 0. The maximum atomic E-state index is 12.6. The van der Waals surface area contributed by atoms with Crippen molar-refractivity contribution in [3.8, 4) is 0 Å². The van der Waals surface area contributed by atoms with Crippen molar-refractivity contribution in [3.05, 3.63) is 42.2 Å². The number of nitrogens with zero attached hydrogens (tertiary/aromatic N) is 3. The van der Waals surface area contributed by atoms with Crippen molar-refractivity contribution in [1.82, 2.24) is 15.0 Å². The van der Waals surface area contributed by atoms with Crippen molar-refractivity contribution in [2.75, 3.05) is 0 Å². The predicted octanol–water partition coefficient (Wildman–Crippen LogP) is 1.86. The molecule has 2 aromatic heterocycles. The van der Waals surface area contributed by atoms with Crippen LogP contribution in [0.4, 0.5) is 4.39 Å².